The summed E-state index contributed by atoms with van der Waals surface area (Å²) in [6.07, 6.45) is 0.643. The van der Waals surface area contributed by atoms with Crippen molar-refractivity contribution in [2.45, 2.75) is 6.42 Å². The van der Waals surface area contributed by atoms with Crippen LogP contribution in [0.4, 0.5) is 15.8 Å². The molecule has 1 amide bonds. The van der Waals surface area contributed by atoms with E-state index >= 15 is 0 Å². The van der Waals surface area contributed by atoms with Gasteiger partial charge < -0.3 is 10.6 Å². The van der Waals surface area contributed by atoms with Gasteiger partial charge in [-0.15, -0.1) is 0 Å². The molecule has 1 heterocycles. The largest absolute Gasteiger partial charge is 0.384 e. The Morgan fingerprint density at radius 3 is 2.90 bits per heavy atom. The SMILES string of the molecule is O=C(Nc1ccc(Cl)cc1F)C1CNc2ccccc2C1. The van der Waals surface area contributed by atoms with Crippen molar-refractivity contribution in [3.05, 3.63) is 58.9 Å². The lowest BCUT2D eigenvalue weighted by Gasteiger charge is -2.25. The van der Waals surface area contributed by atoms with Crippen LogP contribution in [-0.2, 0) is 11.2 Å². The van der Waals surface area contributed by atoms with Crippen LogP contribution in [0.1, 0.15) is 5.56 Å². The van der Waals surface area contributed by atoms with Crippen LogP contribution in [0.25, 0.3) is 0 Å². The van der Waals surface area contributed by atoms with Crippen LogP contribution in [0.15, 0.2) is 42.5 Å². The Balaban J connectivity index is 1.72. The Labute approximate surface area is 127 Å². The molecule has 1 aliphatic rings. The number of nitrogens with one attached hydrogen (secondary N) is 2. The van der Waals surface area contributed by atoms with Crippen LogP contribution in [-0.4, -0.2) is 12.5 Å². The highest BCUT2D eigenvalue weighted by Gasteiger charge is 2.24. The third-order valence-corrected chi connectivity index (χ3v) is 3.82. The van der Waals surface area contributed by atoms with Gasteiger partial charge >= 0.3 is 0 Å². The molecule has 3 rings (SSSR count). The molecule has 0 aliphatic carbocycles. The summed E-state index contributed by atoms with van der Waals surface area (Å²) < 4.78 is 13.7. The molecule has 108 valence electrons. The molecule has 0 bridgehead atoms. The number of anilines is 2. The summed E-state index contributed by atoms with van der Waals surface area (Å²) in [5, 5.41) is 6.16. The maximum absolute atomic E-state index is 13.7. The predicted octanol–water partition coefficient (Wildman–Crippen LogP) is 3.70. The van der Waals surface area contributed by atoms with Gasteiger partial charge in [0.25, 0.3) is 0 Å². The van der Waals surface area contributed by atoms with E-state index in [-0.39, 0.29) is 17.5 Å². The molecule has 0 radical (unpaired) electrons. The van der Waals surface area contributed by atoms with E-state index in [4.69, 9.17) is 11.6 Å². The fourth-order valence-corrected chi connectivity index (χ4v) is 2.61. The molecule has 1 atom stereocenters. The van der Waals surface area contributed by atoms with Crippen molar-refractivity contribution in [1.82, 2.24) is 0 Å². The molecule has 2 N–H and O–H groups in total. The second-order valence-corrected chi connectivity index (χ2v) is 5.49. The first-order valence-corrected chi connectivity index (χ1v) is 7.09. The van der Waals surface area contributed by atoms with Crippen LogP contribution < -0.4 is 10.6 Å². The van der Waals surface area contributed by atoms with Gasteiger partial charge in [-0.1, -0.05) is 29.8 Å². The topological polar surface area (TPSA) is 41.1 Å². The Morgan fingerprint density at radius 1 is 1.29 bits per heavy atom. The summed E-state index contributed by atoms with van der Waals surface area (Å²) >= 11 is 5.70. The van der Waals surface area contributed by atoms with Gasteiger partial charge in [0.05, 0.1) is 11.6 Å². The first-order valence-electron chi connectivity index (χ1n) is 6.71. The average Bonchev–Trinajstić information content (AvgIpc) is 2.49. The molecule has 0 aromatic heterocycles. The average molecular weight is 305 g/mol. The van der Waals surface area contributed by atoms with Gasteiger partial charge in [-0.25, -0.2) is 4.39 Å². The van der Waals surface area contributed by atoms with Crippen LogP contribution in [0.5, 0.6) is 0 Å². The number of hydrogen-bond acceptors (Lipinski definition) is 2. The Bertz CT molecular complexity index is 690. The number of carbonyl (C=O) groups is 1. The monoisotopic (exact) mass is 304 g/mol. The van der Waals surface area contributed by atoms with Gasteiger partial charge in [-0.2, -0.15) is 0 Å². The molecule has 5 heteroatoms. The fraction of sp³-hybridized carbons (Fsp3) is 0.188. The normalized spacial score (nSPS) is 16.8. The van der Waals surface area contributed by atoms with Crippen molar-refractivity contribution >= 4 is 28.9 Å². The van der Waals surface area contributed by atoms with E-state index in [9.17, 15) is 9.18 Å². The summed E-state index contributed by atoms with van der Waals surface area (Å²) in [5.74, 6) is -0.951. The zero-order valence-corrected chi connectivity index (χ0v) is 12.0. The lowest BCUT2D eigenvalue weighted by molar-refractivity contribution is -0.119. The molecule has 0 fully saturated rings. The zero-order chi connectivity index (χ0) is 14.8. The Morgan fingerprint density at radius 2 is 2.10 bits per heavy atom. The predicted molar refractivity (Wildman–Crippen MR) is 82.2 cm³/mol. The molecule has 0 spiro atoms. The van der Waals surface area contributed by atoms with Gasteiger partial charge in [0.1, 0.15) is 5.82 Å². The molecule has 3 nitrogen and oxygen atoms in total. The summed E-state index contributed by atoms with van der Waals surface area (Å²) in [6.45, 7) is 0.540. The molecule has 1 aliphatic heterocycles. The molecule has 21 heavy (non-hydrogen) atoms. The molecule has 0 saturated carbocycles. The van der Waals surface area contributed by atoms with Crippen LogP contribution in [0.2, 0.25) is 5.02 Å². The van der Waals surface area contributed by atoms with E-state index in [0.29, 0.717) is 18.0 Å². The smallest absolute Gasteiger partial charge is 0.229 e. The number of fused-ring (bicyclic) bond motifs is 1. The van der Waals surface area contributed by atoms with E-state index in [1.165, 1.54) is 12.1 Å². The summed E-state index contributed by atoms with van der Waals surface area (Å²) in [5.41, 5.74) is 2.31. The maximum atomic E-state index is 13.7. The number of amides is 1. The third-order valence-electron chi connectivity index (χ3n) is 3.58. The minimum Gasteiger partial charge on any atom is -0.384 e. The molecule has 0 saturated heterocycles. The fourth-order valence-electron chi connectivity index (χ4n) is 2.45. The molecule has 2 aromatic rings. The highest BCUT2D eigenvalue weighted by atomic mass is 35.5. The van der Waals surface area contributed by atoms with Crippen molar-refractivity contribution < 1.29 is 9.18 Å². The summed E-state index contributed by atoms with van der Waals surface area (Å²) in [4.78, 5) is 12.3. The van der Waals surface area contributed by atoms with E-state index in [2.05, 4.69) is 10.6 Å². The first-order chi connectivity index (χ1) is 10.1. The van der Waals surface area contributed by atoms with Crippen molar-refractivity contribution in [2.24, 2.45) is 5.92 Å². The second-order valence-electron chi connectivity index (χ2n) is 5.05. The minimum atomic E-state index is -0.528. The molecular weight excluding hydrogens is 291 g/mol. The maximum Gasteiger partial charge on any atom is 0.229 e. The summed E-state index contributed by atoms with van der Waals surface area (Å²) in [7, 11) is 0. The lowest BCUT2D eigenvalue weighted by Crippen LogP contribution is -2.33. The van der Waals surface area contributed by atoms with Gasteiger partial charge in [0, 0.05) is 17.3 Å². The molecule has 1 unspecified atom stereocenters. The van der Waals surface area contributed by atoms with E-state index < -0.39 is 5.82 Å². The van der Waals surface area contributed by atoms with Gasteiger partial charge in [0.2, 0.25) is 5.91 Å². The molecule has 2 aromatic carbocycles. The highest BCUT2D eigenvalue weighted by molar-refractivity contribution is 6.30. The minimum absolute atomic E-state index is 0.156. The highest BCUT2D eigenvalue weighted by Crippen LogP contribution is 2.26. The van der Waals surface area contributed by atoms with Crippen molar-refractivity contribution in [3.8, 4) is 0 Å². The first kappa shape index (κ1) is 13.9. The van der Waals surface area contributed by atoms with Crippen molar-refractivity contribution in [1.29, 1.82) is 0 Å². The third kappa shape index (κ3) is 3.00. The number of para-hydroxylation sites is 1. The second kappa shape index (κ2) is 5.74. The Kier molecular flexibility index (Phi) is 3.80. The van der Waals surface area contributed by atoms with Crippen molar-refractivity contribution in [3.63, 3.8) is 0 Å². The van der Waals surface area contributed by atoms with E-state index in [1.807, 2.05) is 24.3 Å². The van der Waals surface area contributed by atoms with E-state index in [1.54, 1.807) is 6.07 Å². The van der Waals surface area contributed by atoms with Crippen molar-refractivity contribution in [2.75, 3.05) is 17.2 Å². The summed E-state index contributed by atoms with van der Waals surface area (Å²) in [6, 6.07) is 12.1. The number of halogens is 2. The lowest BCUT2D eigenvalue weighted by atomic mass is 9.93. The quantitative estimate of drug-likeness (QED) is 0.888. The van der Waals surface area contributed by atoms with E-state index in [0.717, 1.165) is 11.3 Å². The van der Waals surface area contributed by atoms with Crippen LogP contribution in [0.3, 0.4) is 0 Å². The molecular formula is C16H14ClFN2O. The Hall–Kier alpha value is -2.07. The number of hydrogen-bond donors (Lipinski definition) is 2. The van der Waals surface area contributed by atoms with Crippen LogP contribution in [0, 0.1) is 11.7 Å². The van der Waals surface area contributed by atoms with Gasteiger partial charge in [-0.3, -0.25) is 4.79 Å². The standard InChI is InChI=1S/C16H14ClFN2O/c17-12-5-6-15(13(18)8-12)20-16(21)11-7-10-3-1-2-4-14(10)19-9-11/h1-6,8,11,19H,7,9H2,(H,20,21). The number of benzene rings is 2. The van der Waals surface area contributed by atoms with Gasteiger partial charge in [-0.05, 0) is 36.2 Å². The van der Waals surface area contributed by atoms with Gasteiger partial charge in [0.15, 0.2) is 0 Å². The van der Waals surface area contributed by atoms with Crippen LogP contribution >= 0.6 is 11.6 Å². The number of rotatable bonds is 2. The number of carbonyl (C=O) groups excluding carboxylic acids is 1. The zero-order valence-electron chi connectivity index (χ0n) is 11.2.